The van der Waals surface area contributed by atoms with E-state index in [1.54, 1.807) is 18.2 Å². The highest BCUT2D eigenvalue weighted by molar-refractivity contribution is 9.10. The fourth-order valence-electron chi connectivity index (χ4n) is 2.10. The highest BCUT2D eigenvalue weighted by Gasteiger charge is 2.14. The second-order valence-electron chi connectivity index (χ2n) is 4.85. The molecule has 0 aliphatic heterocycles. The molecule has 0 fully saturated rings. The van der Waals surface area contributed by atoms with Crippen LogP contribution in [0.25, 0.3) is 0 Å². The molecule has 2 aromatic rings. The van der Waals surface area contributed by atoms with Gasteiger partial charge in [-0.25, -0.2) is 0 Å². The number of halogens is 1. The SMILES string of the molecule is Cc1cc(C)c(C(=O)c2cc(N)cc(Br)c2)cc1C. The molecule has 0 saturated carbocycles. The van der Waals surface area contributed by atoms with Gasteiger partial charge in [0.2, 0.25) is 0 Å². The molecule has 0 aromatic heterocycles. The highest BCUT2D eigenvalue weighted by Crippen LogP contribution is 2.23. The highest BCUT2D eigenvalue weighted by atomic mass is 79.9. The molecule has 0 radical (unpaired) electrons. The van der Waals surface area contributed by atoms with Crippen molar-refractivity contribution < 1.29 is 4.79 Å². The van der Waals surface area contributed by atoms with Gasteiger partial charge in [-0.2, -0.15) is 0 Å². The number of rotatable bonds is 2. The number of carbonyl (C=O) groups is 1. The number of carbonyl (C=O) groups excluding carboxylic acids is 1. The topological polar surface area (TPSA) is 43.1 Å². The Balaban J connectivity index is 2.53. The lowest BCUT2D eigenvalue weighted by atomic mass is 9.95. The van der Waals surface area contributed by atoms with Crippen molar-refractivity contribution in [2.75, 3.05) is 5.73 Å². The largest absolute Gasteiger partial charge is 0.399 e. The van der Waals surface area contributed by atoms with Crippen molar-refractivity contribution in [2.45, 2.75) is 20.8 Å². The standard InChI is InChI=1S/C16H16BrNO/c1-9-4-11(3)15(5-10(9)2)16(19)12-6-13(17)8-14(18)7-12/h4-8H,18H2,1-3H3. The molecule has 3 heteroatoms. The Kier molecular flexibility index (Phi) is 3.76. The quantitative estimate of drug-likeness (QED) is 0.666. The summed E-state index contributed by atoms with van der Waals surface area (Å²) in [6.45, 7) is 6.02. The number of aryl methyl sites for hydroxylation is 3. The predicted octanol–water partition coefficient (Wildman–Crippen LogP) is 4.19. The summed E-state index contributed by atoms with van der Waals surface area (Å²) in [6.07, 6.45) is 0. The minimum absolute atomic E-state index is 0.00796. The van der Waals surface area contributed by atoms with E-state index in [4.69, 9.17) is 5.73 Å². The van der Waals surface area contributed by atoms with Crippen molar-refractivity contribution in [3.63, 3.8) is 0 Å². The molecule has 0 aliphatic rings. The van der Waals surface area contributed by atoms with E-state index in [0.29, 0.717) is 11.3 Å². The number of hydrogen-bond acceptors (Lipinski definition) is 2. The molecule has 2 aromatic carbocycles. The number of anilines is 1. The van der Waals surface area contributed by atoms with Crippen LogP contribution in [0.4, 0.5) is 5.69 Å². The van der Waals surface area contributed by atoms with Gasteiger partial charge in [0.05, 0.1) is 0 Å². The van der Waals surface area contributed by atoms with Gasteiger partial charge in [0.1, 0.15) is 0 Å². The van der Waals surface area contributed by atoms with E-state index in [0.717, 1.165) is 21.2 Å². The van der Waals surface area contributed by atoms with E-state index in [-0.39, 0.29) is 5.78 Å². The third-order valence-corrected chi connectivity index (χ3v) is 3.73. The zero-order valence-corrected chi connectivity index (χ0v) is 12.8. The average Bonchev–Trinajstić information content (AvgIpc) is 2.31. The molecule has 0 amide bonds. The first-order chi connectivity index (χ1) is 8.88. The molecule has 2 N–H and O–H groups in total. The molecule has 0 heterocycles. The Morgan fingerprint density at radius 1 is 0.947 bits per heavy atom. The lowest BCUT2D eigenvalue weighted by molar-refractivity contribution is 0.103. The van der Waals surface area contributed by atoms with E-state index in [1.807, 2.05) is 32.9 Å². The van der Waals surface area contributed by atoms with Crippen molar-refractivity contribution in [3.8, 4) is 0 Å². The summed E-state index contributed by atoms with van der Waals surface area (Å²) in [6, 6.07) is 9.28. The predicted molar refractivity (Wildman–Crippen MR) is 82.6 cm³/mol. The molecule has 2 nitrogen and oxygen atoms in total. The third kappa shape index (κ3) is 2.87. The van der Waals surface area contributed by atoms with Gasteiger partial charge in [-0.3, -0.25) is 4.79 Å². The monoisotopic (exact) mass is 317 g/mol. The minimum atomic E-state index is 0.00796. The normalized spacial score (nSPS) is 10.5. The molecule has 19 heavy (non-hydrogen) atoms. The van der Waals surface area contributed by atoms with E-state index in [9.17, 15) is 4.79 Å². The fraction of sp³-hybridized carbons (Fsp3) is 0.188. The maximum atomic E-state index is 12.6. The van der Waals surface area contributed by atoms with Crippen LogP contribution in [0, 0.1) is 20.8 Å². The summed E-state index contributed by atoms with van der Waals surface area (Å²) < 4.78 is 0.817. The average molecular weight is 318 g/mol. The van der Waals surface area contributed by atoms with E-state index >= 15 is 0 Å². The van der Waals surface area contributed by atoms with Crippen molar-refractivity contribution >= 4 is 27.4 Å². The number of nitrogens with two attached hydrogens (primary N) is 1. The lowest BCUT2D eigenvalue weighted by Crippen LogP contribution is -2.06. The molecular weight excluding hydrogens is 302 g/mol. The van der Waals surface area contributed by atoms with E-state index in [1.165, 1.54) is 5.56 Å². The van der Waals surface area contributed by atoms with Crippen molar-refractivity contribution in [1.82, 2.24) is 0 Å². The Bertz CT molecular complexity index is 642. The van der Waals surface area contributed by atoms with Crippen LogP contribution in [0.5, 0.6) is 0 Å². The first-order valence-corrected chi connectivity index (χ1v) is 6.86. The molecule has 0 atom stereocenters. The fourth-order valence-corrected chi connectivity index (χ4v) is 2.62. The summed E-state index contributed by atoms with van der Waals surface area (Å²) in [7, 11) is 0. The smallest absolute Gasteiger partial charge is 0.193 e. The second kappa shape index (κ2) is 5.17. The van der Waals surface area contributed by atoms with Gasteiger partial charge < -0.3 is 5.73 Å². The summed E-state index contributed by atoms with van der Waals surface area (Å²) in [5.41, 5.74) is 11.0. The van der Waals surface area contributed by atoms with Gasteiger partial charge in [-0.15, -0.1) is 0 Å². The van der Waals surface area contributed by atoms with Crippen LogP contribution in [0.2, 0.25) is 0 Å². The first-order valence-electron chi connectivity index (χ1n) is 6.07. The summed E-state index contributed by atoms with van der Waals surface area (Å²) in [5.74, 6) is 0.00796. The van der Waals surface area contributed by atoms with Gasteiger partial charge in [-0.1, -0.05) is 22.0 Å². The first kappa shape index (κ1) is 13.8. The van der Waals surface area contributed by atoms with Crippen LogP contribution in [0.1, 0.15) is 32.6 Å². The van der Waals surface area contributed by atoms with E-state index < -0.39 is 0 Å². The van der Waals surface area contributed by atoms with Crippen LogP contribution in [-0.2, 0) is 0 Å². The second-order valence-corrected chi connectivity index (χ2v) is 5.77. The Morgan fingerprint density at radius 2 is 1.58 bits per heavy atom. The molecule has 0 spiro atoms. The van der Waals surface area contributed by atoms with Gasteiger partial charge in [-0.05, 0) is 61.7 Å². The zero-order chi connectivity index (χ0) is 14.2. The van der Waals surface area contributed by atoms with Gasteiger partial charge in [0.25, 0.3) is 0 Å². The summed E-state index contributed by atoms with van der Waals surface area (Å²) in [4.78, 5) is 12.6. The molecule has 98 valence electrons. The molecule has 2 rings (SSSR count). The maximum Gasteiger partial charge on any atom is 0.193 e. The van der Waals surface area contributed by atoms with Crippen LogP contribution in [-0.4, -0.2) is 5.78 Å². The van der Waals surface area contributed by atoms with Crippen LogP contribution in [0.15, 0.2) is 34.8 Å². The van der Waals surface area contributed by atoms with Gasteiger partial charge >= 0.3 is 0 Å². The van der Waals surface area contributed by atoms with E-state index in [2.05, 4.69) is 15.9 Å². The zero-order valence-electron chi connectivity index (χ0n) is 11.3. The van der Waals surface area contributed by atoms with Gasteiger partial charge in [0, 0.05) is 21.3 Å². The van der Waals surface area contributed by atoms with Gasteiger partial charge in [0.15, 0.2) is 5.78 Å². The molecule has 0 aliphatic carbocycles. The number of nitrogen functional groups attached to an aromatic ring is 1. The van der Waals surface area contributed by atoms with Crippen LogP contribution in [0.3, 0.4) is 0 Å². The Morgan fingerprint density at radius 3 is 2.21 bits per heavy atom. The van der Waals surface area contributed by atoms with Crippen molar-refractivity contribution in [3.05, 3.63) is 62.6 Å². The summed E-state index contributed by atoms with van der Waals surface area (Å²) >= 11 is 3.37. The Labute approximate surface area is 121 Å². The molecule has 0 bridgehead atoms. The Hall–Kier alpha value is -1.61. The van der Waals surface area contributed by atoms with Crippen LogP contribution < -0.4 is 5.73 Å². The molecule has 0 saturated heterocycles. The lowest BCUT2D eigenvalue weighted by Gasteiger charge is -2.10. The summed E-state index contributed by atoms with van der Waals surface area (Å²) in [5, 5.41) is 0. The maximum absolute atomic E-state index is 12.6. The molecular formula is C16H16BrNO. The minimum Gasteiger partial charge on any atom is -0.399 e. The van der Waals surface area contributed by atoms with Crippen molar-refractivity contribution in [2.24, 2.45) is 0 Å². The number of ketones is 1. The molecule has 0 unspecified atom stereocenters. The van der Waals surface area contributed by atoms with Crippen molar-refractivity contribution in [1.29, 1.82) is 0 Å². The number of hydrogen-bond donors (Lipinski definition) is 1. The number of benzene rings is 2. The van der Waals surface area contributed by atoms with Crippen LogP contribution >= 0.6 is 15.9 Å². The third-order valence-electron chi connectivity index (χ3n) is 3.27.